The smallest absolute Gasteiger partial charge is 0.259 e. The maximum atomic E-state index is 12.6. The van der Waals surface area contributed by atoms with Crippen LogP contribution in [0.15, 0.2) is 59.0 Å². The molecule has 3 aromatic rings. The zero-order valence-corrected chi connectivity index (χ0v) is 14.4. The lowest BCUT2D eigenvalue weighted by Crippen LogP contribution is -2.12. The Kier molecular flexibility index (Phi) is 4.52. The molecule has 2 aromatic carbocycles. The van der Waals surface area contributed by atoms with Crippen LogP contribution in [-0.2, 0) is 0 Å². The van der Waals surface area contributed by atoms with Crippen molar-refractivity contribution in [3.8, 4) is 11.3 Å². The van der Waals surface area contributed by atoms with Gasteiger partial charge < -0.3 is 9.73 Å². The second kappa shape index (κ2) is 6.77. The first-order valence-electron chi connectivity index (χ1n) is 8.04. The van der Waals surface area contributed by atoms with E-state index in [0.717, 1.165) is 11.1 Å². The van der Waals surface area contributed by atoms with E-state index in [4.69, 9.17) is 4.42 Å². The van der Waals surface area contributed by atoms with Crippen molar-refractivity contribution in [2.45, 2.75) is 20.8 Å². The third kappa shape index (κ3) is 3.69. The molecule has 0 radical (unpaired) electrons. The van der Waals surface area contributed by atoms with Crippen LogP contribution in [0.5, 0.6) is 0 Å². The SMILES string of the molecule is CC(=O)c1cccc(NC(=O)c2cc(-c3ccc(C)cc3)oc2C)c1. The van der Waals surface area contributed by atoms with E-state index in [1.807, 2.05) is 31.2 Å². The van der Waals surface area contributed by atoms with Crippen LogP contribution in [0, 0.1) is 13.8 Å². The second-order valence-electron chi connectivity index (χ2n) is 6.04. The van der Waals surface area contributed by atoms with Crippen molar-refractivity contribution in [1.82, 2.24) is 0 Å². The first-order chi connectivity index (χ1) is 11.9. The molecule has 1 N–H and O–H groups in total. The molecule has 4 nitrogen and oxygen atoms in total. The third-order valence-electron chi connectivity index (χ3n) is 4.03. The highest BCUT2D eigenvalue weighted by Crippen LogP contribution is 2.26. The van der Waals surface area contributed by atoms with E-state index in [9.17, 15) is 9.59 Å². The molecule has 4 heteroatoms. The number of benzene rings is 2. The summed E-state index contributed by atoms with van der Waals surface area (Å²) < 4.78 is 5.75. The summed E-state index contributed by atoms with van der Waals surface area (Å²) in [5.41, 5.74) is 3.70. The van der Waals surface area contributed by atoms with Gasteiger partial charge in [-0.1, -0.05) is 42.0 Å². The van der Waals surface area contributed by atoms with Crippen LogP contribution >= 0.6 is 0 Å². The van der Waals surface area contributed by atoms with Gasteiger partial charge in [0.15, 0.2) is 5.78 Å². The predicted octanol–water partition coefficient (Wildman–Crippen LogP) is 5.02. The lowest BCUT2D eigenvalue weighted by Gasteiger charge is -2.05. The van der Waals surface area contributed by atoms with Gasteiger partial charge in [0.05, 0.1) is 5.56 Å². The Morgan fingerprint density at radius 3 is 2.36 bits per heavy atom. The van der Waals surface area contributed by atoms with E-state index in [0.29, 0.717) is 28.3 Å². The molecule has 1 amide bonds. The van der Waals surface area contributed by atoms with Crippen molar-refractivity contribution >= 4 is 17.4 Å². The first kappa shape index (κ1) is 16.7. The van der Waals surface area contributed by atoms with Crippen molar-refractivity contribution in [2.24, 2.45) is 0 Å². The highest BCUT2D eigenvalue weighted by atomic mass is 16.3. The predicted molar refractivity (Wildman–Crippen MR) is 98.0 cm³/mol. The fourth-order valence-electron chi connectivity index (χ4n) is 2.58. The van der Waals surface area contributed by atoms with Crippen LogP contribution in [0.3, 0.4) is 0 Å². The number of hydrogen-bond donors (Lipinski definition) is 1. The summed E-state index contributed by atoms with van der Waals surface area (Å²) in [5.74, 6) is 0.897. The molecule has 25 heavy (non-hydrogen) atoms. The minimum Gasteiger partial charge on any atom is -0.461 e. The molecule has 0 aliphatic rings. The average Bonchev–Trinajstić information content (AvgIpc) is 2.97. The van der Waals surface area contributed by atoms with Gasteiger partial charge in [0.25, 0.3) is 5.91 Å². The lowest BCUT2D eigenvalue weighted by molar-refractivity contribution is 0.101. The molecular weight excluding hydrogens is 314 g/mol. The van der Waals surface area contributed by atoms with Crippen LogP contribution in [0.4, 0.5) is 5.69 Å². The van der Waals surface area contributed by atoms with Gasteiger partial charge in [0.1, 0.15) is 11.5 Å². The number of carbonyl (C=O) groups excluding carboxylic acids is 2. The average molecular weight is 333 g/mol. The Balaban J connectivity index is 1.84. The van der Waals surface area contributed by atoms with Crippen LogP contribution in [-0.4, -0.2) is 11.7 Å². The Labute approximate surface area is 146 Å². The number of ketones is 1. The van der Waals surface area contributed by atoms with Gasteiger partial charge in [-0.15, -0.1) is 0 Å². The maximum Gasteiger partial charge on any atom is 0.259 e. The van der Waals surface area contributed by atoms with Crippen molar-refractivity contribution in [1.29, 1.82) is 0 Å². The highest BCUT2D eigenvalue weighted by Gasteiger charge is 2.16. The number of hydrogen-bond acceptors (Lipinski definition) is 3. The molecule has 0 saturated carbocycles. The van der Waals surface area contributed by atoms with Crippen molar-refractivity contribution < 1.29 is 14.0 Å². The summed E-state index contributed by atoms with van der Waals surface area (Å²) >= 11 is 0. The summed E-state index contributed by atoms with van der Waals surface area (Å²) in [6.07, 6.45) is 0. The van der Waals surface area contributed by atoms with E-state index in [2.05, 4.69) is 5.32 Å². The van der Waals surface area contributed by atoms with E-state index >= 15 is 0 Å². The summed E-state index contributed by atoms with van der Waals surface area (Å²) in [6, 6.07) is 16.5. The monoisotopic (exact) mass is 333 g/mol. The molecule has 0 spiro atoms. The largest absolute Gasteiger partial charge is 0.461 e. The van der Waals surface area contributed by atoms with Crippen molar-refractivity contribution in [3.05, 3.63) is 77.0 Å². The molecular formula is C21H19NO3. The fourth-order valence-corrected chi connectivity index (χ4v) is 2.58. The molecule has 126 valence electrons. The van der Waals surface area contributed by atoms with Crippen LogP contribution in [0.25, 0.3) is 11.3 Å². The van der Waals surface area contributed by atoms with Gasteiger partial charge in [-0.2, -0.15) is 0 Å². The molecule has 1 aromatic heterocycles. The molecule has 0 atom stereocenters. The molecule has 0 saturated heterocycles. The van der Waals surface area contributed by atoms with Gasteiger partial charge in [-0.25, -0.2) is 0 Å². The van der Waals surface area contributed by atoms with Gasteiger partial charge >= 0.3 is 0 Å². The van der Waals surface area contributed by atoms with E-state index in [1.165, 1.54) is 6.92 Å². The molecule has 0 aliphatic heterocycles. The summed E-state index contributed by atoms with van der Waals surface area (Å²) in [6.45, 7) is 5.28. The van der Waals surface area contributed by atoms with Crippen LogP contribution in [0.2, 0.25) is 0 Å². The Hall–Kier alpha value is -3.14. The van der Waals surface area contributed by atoms with E-state index in [1.54, 1.807) is 37.3 Å². The Morgan fingerprint density at radius 1 is 0.960 bits per heavy atom. The van der Waals surface area contributed by atoms with Gasteiger partial charge in [0.2, 0.25) is 0 Å². The van der Waals surface area contributed by atoms with Gasteiger partial charge in [0, 0.05) is 16.8 Å². The maximum absolute atomic E-state index is 12.6. The van der Waals surface area contributed by atoms with E-state index < -0.39 is 0 Å². The topological polar surface area (TPSA) is 59.3 Å². The van der Waals surface area contributed by atoms with Crippen molar-refractivity contribution in [2.75, 3.05) is 5.32 Å². The lowest BCUT2D eigenvalue weighted by atomic mass is 10.1. The Morgan fingerprint density at radius 2 is 1.68 bits per heavy atom. The number of amides is 1. The van der Waals surface area contributed by atoms with Crippen molar-refractivity contribution in [3.63, 3.8) is 0 Å². The number of Topliss-reactive ketones (excluding diaryl/α,β-unsaturated/α-hetero) is 1. The third-order valence-corrected chi connectivity index (χ3v) is 4.03. The first-order valence-corrected chi connectivity index (χ1v) is 8.04. The zero-order chi connectivity index (χ0) is 18.0. The summed E-state index contributed by atoms with van der Waals surface area (Å²) in [7, 11) is 0. The minimum atomic E-state index is -0.264. The molecule has 1 heterocycles. The fraction of sp³-hybridized carbons (Fsp3) is 0.143. The summed E-state index contributed by atoms with van der Waals surface area (Å²) in [5, 5.41) is 2.82. The Bertz CT molecular complexity index is 936. The molecule has 0 unspecified atom stereocenters. The van der Waals surface area contributed by atoms with Crippen LogP contribution in [0.1, 0.15) is 39.0 Å². The summed E-state index contributed by atoms with van der Waals surface area (Å²) in [4.78, 5) is 24.0. The number of furan rings is 1. The normalized spacial score (nSPS) is 10.5. The zero-order valence-electron chi connectivity index (χ0n) is 14.4. The minimum absolute atomic E-state index is 0.0442. The highest BCUT2D eigenvalue weighted by molar-refractivity contribution is 6.06. The molecule has 0 aliphatic carbocycles. The van der Waals surface area contributed by atoms with Crippen LogP contribution < -0.4 is 5.32 Å². The molecule has 0 bridgehead atoms. The number of aryl methyl sites for hydroxylation is 2. The van der Waals surface area contributed by atoms with Gasteiger partial charge in [-0.05, 0) is 39.0 Å². The number of anilines is 1. The quantitative estimate of drug-likeness (QED) is 0.682. The van der Waals surface area contributed by atoms with E-state index in [-0.39, 0.29) is 11.7 Å². The molecule has 3 rings (SSSR count). The second-order valence-corrected chi connectivity index (χ2v) is 6.04. The molecule has 0 fully saturated rings. The standard InChI is InChI=1S/C21H19NO3/c1-13-7-9-16(10-8-13)20-12-19(15(3)25-20)21(24)22-18-6-4-5-17(11-18)14(2)23/h4-12H,1-3H3,(H,22,24). The number of nitrogens with one attached hydrogen (secondary N) is 1. The number of carbonyl (C=O) groups is 2. The number of rotatable bonds is 4. The van der Waals surface area contributed by atoms with Gasteiger partial charge in [-0.3, -0.25) is 9.59 Å².